The first-order valence-corrected chi connectivity index (χ1v) is 15.5. The van der Waals surface area contributed by atoms with Gasteiger partial charge in [-0.15, -0.1) is 6.58 Å². The average Bonchev–Trinajstić information content (AvgIpc) is 3.50. The molecule has 1 rings (SSSR count). The zero-order valence-corrected chi connectivity index (χ0v) is 25.9. The Bertz CT molecular complexity index is 982. The molecule has 0 radical (unpaired) electrons. The van der Waals surface area contributed by atoms with Crippen LogP contribution in [-0.2, 0) is 28.8 Å². The molecule has 2 atom stereocenters. The molecule has 1 heterocycles. The number of hydrogen-bond acceptors (Lipinski definition) is 7. The number of carbonyl (C=O) groups is 6. The lowest BCUT2D eigenvalue weighted by Crippen LogP contribution is -2.54. The predicted molar refractivity (Wildman–Crippen MR) is 164 cm³/mol. The van der Waals surface area contributed by atoms with Gasteiger partial charge in [0.25, 0.3) is 5.91 Å². The summed E-state index contributed by atoms with van der Waals surface area (Å²) in [6.45, 7) is 7.12. The third kappa shape index (κ3) is 15.0. The van der Waals surface area contributed by atoms with Gasteiger partial charge in [-0.1, -0.05) is 57.3 Å². The van der Waals surface area contributed by atoms with Crippen molar-refractivity contribution in [2.75, 3.05) is 32.8 Å². The second-order valence-electron chi connectivity index (χ2n) is 10.7. The SMILES string of the molecule is C=CCC/C(=C\CCCCCC)CC(=O)NCC(=O)N1CCCC1C(=O)NC(CCC)C(=O)C(=O)NCC(=O)NCCO. The van der Waals surface area contributed by atoms with Crippen LogP contribution < -0.4 is 21.3 Å². The highest BCUT2D eigenvalue weighted by atomic mass is 16.3. The van der Waals surface area contributed by atoms with Gasteiger partial charge in [0.1, 0.15) is 6.04 Å². The highest BCUT2D eigenvalue weighted by Gasteiger charge is 2.36. The summed E-state index contributed by atoms with van der Waals surface area (Å²) in [7, 11) is 0. The minimum Gasteiger partial charge on any atom is -0.395 e. The Morgan fingerprint density at radius 1 is 0.953 bits per heavy atom. The smallest absolute Gasteiger partial charge is 0.290 e. The lowest BCUT2D eigenvalue weighted by molar-refractivity contribution is -0.142. The van der Waals surface area contributed by atoms with Crippen LogP contribution in [-0.4, -0.2) is 90.2 Å². The first-order chi connectivity index (χ1) is 20.7. The van der Waals surface area contributed by atoms with Gasteiger partial charge in [-0.2, -0.15) is 0 Å². The lowest BCUT2D eigenvalue weighted by Gasteiger charge is -2.26. The molecule has 242 valence electrons. The van der Waals surface area contributed by atoms with Crippen LogP contribution in [0.3, 0.4) is 0 Å². The summed E-state index contributed by atoms with van der Waals surface area (Å²) in [5.74, 6) is -3.67. The van der Waals surface area contributed by atoms with Crippen molar-refractivity contribution in [1.82, 2.24) is 26.2 Å². The van der Waals surface area contributed by atoms with Crippen molar-refractivity contribution in [3.05, 3.63) is 24.3 Å². The number of rotatable bonds is 22. The Hall–Kier alpha value is -3.54. The van der Waals surface area contributed by atoms with E-state index in [1.54, 1.807) is 6.92 Å². The Morgan fingerprint density at radius 2 is 1.72 bits per heavy atom. The number of hydrogen-bond donors (Lipinski definition) is 5. The molecule has 0 saturated carbocycles. The molecule has 0 aromatic rings. The molecule has 12 nitrogen and oxygen atoms in total. The van der Waals surface area contributed by atoms with Crippen LogP contribution in [0.25, 0.3) is 0 Å². The highest BCUT2D eigenvalue weighted by molar-refractivity contribution is 6.38. The number of Topliss-reactive ketones (excluding diaryl/α,β-unsaturated/α-hetero) is 1. The third-order valence-electron chi connectivity index (χ3n) is 7.14. The monoisotopic (exact) mass is 605 g/mol. The molecule has 2 unspecified atom stereocenters. The number of allylic oxidation sites excluding steroid dienone is 2. The first kappa shape index (κ1) is 37.5. The molecule has 0 spiro atoms. The fourth-order valence-electron chi connectivity index (χ4n) is 4.80. The maximum Gasteiger partial charge on any atom is 0.290 e. The van der Waals surface area contributed by atoms with Crippen molar-refractivity contribution >= 4 is 35.3 Å². The maximum atomic E-state index is 13.1. The Labute approximate surface area is 255 Å². The van der Waals surface area contributed by atoms with E-state index in [1.165, 1.54) is 11.3 Å². The maximum absolute atomic E-state index is 13.1. The number of ketones is 1. The van der Waals surface area contributed by atoms with Gasteiger partial charge in [0.05, 0.1) is 25.7 Å². The zero-order chi connectivity index (χ0) is 32.0. The van der Waals surface area contributed by atoms with Crippen molar-refractivity contribution in [2.24, 2.45) is 0 Å². The number of aliphatic hydroxyl groups excluding tert-OH is 1. The normalized spacial score (nSPS) is 15.4. The Balaban J connectivity index is 2.69. The van der Waals surface area contributed by atoms with Crippen molar-refractivity contribution in [1.29, 1.82) is 0 Å². The fraction of sp³-hybridized carbons (Fsp3) is 0.677. The molecule has 5 N–H and O–H groups in total. The van der Waals surface area contributed by atoms with Crippen molar-refractivity contribution < 1.29 is 33.9 Å². The summed E-state index contributed by atoms with van der Waals surface area (Å²) in [6, 6.07) is -1.94. The first-order valence-electron chi connectivity index (χ1n) is 15.5. The van der Waals surface area contributed by atoms with E-state index < -0.39 is 48.0 Å². The average molecular weight is 606 g/mol. The van der Waals surface area contributed by atoms with Crippen LogP contribution in [0.5, 0.6) is 0 Å². The second kappa shape index (κ2) is 22.1. The van der Waals surface area contributed by atoms with Gasteiger partial charge < -0.3 is 31.3 Å². The molecule has 5 amide bonds. The van der Waals surface area contributed by atoms with Crippen molar-refractivity contribution in [3.8, 4) is 0 Å². The van der Waals surface area contributed by atoms with E-state index in [9.17, 15) is 28.8 Å². The zero-order valence-electron chi connectivity index (χ0n) is 25.9. The quantitative estimate of drug-likeness (QED) is 0.0705. The van der Waals surface area contributed by atoms with Crippen LogP contribution in [0.15, 0.2) is 24.3 Å². The molecule has 0 bridgehead atoms. The van der Waals surface area contributed by atoms with Gasteiger partial charge >= 0.3 is 0 Å². The minimum atomic E-state index is -1.11. The van der Waals surface area contributed by atoms with Crippen LogP contribution >= 0.6 is 0 Å². The number of amides is 5. The molecule has 1 fully saturated rings. The van der Waals surface area contributed by atoms with Crippen molar-refractivity contribution in [2.45, 2.75) is 103 Å². The summed E-state index contributed by atoms with van der Waals surface area (Å²) in [4.78, 5) is 76.9. The van der Waals surface area contributed by atoms with E-state index in [1.807, 2.05) is 6.08 Å². The predicted octanol–water partition coefficient (Wildman–Crippen LogP) is 1.43. The summed E-state index contributed by atoms with van der Waals surface area (Å²) in [5.41, 5.74) is 1.02. The number of unbranched alkanes of at least 4 members (excludes halogenated alkanes) is 4. The van der Waals surface area contributed by atoms with Gasteiger partial charge in [-0.25, -0.2) is 0 Å². The van der Waals surface area contributed by atoms with E-state index >= 15 is 0 Å². The van der Waals surface area contributed by atoms with Gasteiger partial charge in [-0.3, -0.25) is 28.8 Å². The number of aliphatic hydroxyl groups is 1. The van der Waals surface area contributed by atoms with Crippen LogP contribution in [0.1, 0.15) is 90.9 Å². The third-order valence-corrected chi connectivity index (χ3v) is 7.14. The van der Waals surface area contributed by atoms with E-state index in [2.05, 4.69) is 40.8 Å². The number of carbonyl (C=O) groups excluding carboxylic acids is 6. The highest BCUT2D eigenvalue weighted by Crippen LogP contribution is 2.18. The molecule has 43 heavy (non-hydrogen) atoms. The Kier molecular flexibility index (Phi) is 19.2. The molecule has 1 saturated heterocycles. The summed E-state index contributed by atoms with van der Waals surface area (Å²) >= 11 is 0. The van der Waals surface area contributed by atoms with Crippen LogP contribution in [0, 0.1) is 0 Å². The molecular formula is C31H51N5O7. The Morgan fingerprint density at radius 3 is 2.40 bits per heavy atom. The summed E-state index contributed by atoms with van der Waals surface area (Å²) in [6.07, 6.45) is 12.8. The van der Waals surface area contributed by atoms with Gasteiger partial charge in [-0.05, 0) is 44.9 Å². The number of nitrogens with one attached hydrogen (secondary N) is 4. The van der Waals surface area contributed by atoms with E-state index in [-0.39, 0.29) is 38.4 Å². The molecule has 0 aromatic carbocycles. The molecule has 0 aromatic heterocycles. The second-order valence-corrected chi connectivity index (χ2v) is 10.7. The van der Waals surface area contributed by atoms with Gasteiger partial charge in [0.15, 0.2) is 0 Å². The molecule has 1 aliphatic rings. The number of nitrogens with zero attached hydrogens (tertiary/aromatic N) is 1. The van der Waals surface area contributed by atoms with Crippen LogP contribution in [0.2, 0.25) is 0 Å². The van der Waals surface area contributed by atoms with E-state index in [0.717, 1.165) is 44.1 Å². The summed E-state index contributed by atoms with van der Waals surface area (Å²) < 4.78 is 0. The van der Waals surface area contributed by atoms with E-state index in [4.69, 9.17) is 5.11 Å². The molecule has 1 aliphatic heterocycles. The van der Waals surface area contributed by atoms with Crippen LogP contribution in [0.4, 0.5) is 0 Å². The van der Waals surface area contributed by atoms with Gasteiger partial charge in [0, 0.05) is 19.5 Å². The molecule has 0 aliphatic carbocycles. The van der Waals surface area contributed by atoms with E-state index in [0.29, 0.717) is 25.8 Å². The molecular weight excluding hydrogens is 554 g/mol. The topological polar surface area (TPSA) is 174 Å². The van der Waals surface area contributed by atoms with Crippen molar-refractivity contribution in [3.63, 3.8) is 0 Å². The lowest BCUT2D eigenvalue weighted by atomic mass is 10.0. The standard InChI is InChI=1S/C31H51N5O7/c1-4-7-9-10-11-15-23(14-8-5-2)20-26(38)33-22-28(40)36-18-12-16-25(36)30(42)35-24(13-6-3)29(41)31(43)34-21-27(39)32-17-19-37/h5,15,24-25,37H,2,4,6-14,16-22H2,1,3H3,(H,32,39)(H,33,38)(H,34,43)(H,35,42)/b23-15+. The molecule has 12 heteroatoms. The minimum absolute atomic E-state index is 0.0183. The fourth-order valence-corrected chi connectivity index (χ4v) is 4.80. The summed E-state index contributed by atoms with van der Waals surface area (Å²) in [5, 5.41) is 18.6. The largest absolute Gasteiger partial charge is 0.395 e. The number of likely N-dealkylation sites (tertiary alicyclic amines) is 1. The van der Waals surface area contributed by atoms with Gasteiger partial charge in [0.2, 0.25) is 29.4 Å².